The van der Waals surface area contributed by atoms with Crippen LogP contribution in [0.2, 0.25) is 0 Å². The van der Waals surface area contributed by atoms with Crippen molar-refractivity contribution >= 4 is 7.81 Å². The molecule has 1 N–H and O–H groups in total. The Hall–Kier alpha value is -0.780. The molecule has 0 radical (unpaired) electrons. The average molecular weight is 214 g/mol. The zero-order chi connectivity index (χ0) is 9.94. The van der Waals surface area contributed by atoms with E-state index in [4.69, 9.17) is 0 Å². The second kappa shape index (κ2) is 2.35. The van der Waals surface area contributed by atoms with Crippen molar-refractivity contribution in [3.8, 4) is 0 Å². The van der Waals surface area contributed by atoms with Crippen LogP contribution in [0.4, 0.5) is 25.2 Å². The molecule has 0 aromatic carbocycles. The van der Waals surface area contributed by atoms with E-state index in [9.17, 15) is 25.2 Å². The Morgan fingerprint density at radius 1 is 1.08 bits per heavy atom. The van der Waals surface area contributed by atoms with E-state index in [1.165, 1.54) is 0 Å². The van der Waals surface area contributed by atoms with Gasteiger partial charge in [0.1, 0.15) is 0 Å². The molecular formula is C3H5F6N2P. The molecule has 12 heavy (non-hydrogen) atoms. The summed E-state index contributed by atoms with van der Waals surface area (Å²) in [5, 5.41) is 0. The molecule has 0 unspecified atom stereocenters. The molecule has 0 amide bonds. The summed E-state index contributed by atoms with van der Waals surface area (Å²) in [5.74, 6) is 0. The molecule has 0 saturated carbocycles. The van der Waals surface area contributed by atoms with Gasteiger partial charge in [0.05, 0.1) is 6.33 Å². The van der Waals surface area contributed by atoms with E-state index in [-0.39, 0.29) is 1.43 Å². The molecule has 1 aromatic heterocycles. The van der Waals surface area contributed by atoms with Gasteiger partial charge in [-0.15, -0.1) is 0 Å². The monoisotopic (exact) mass is 214 g/mol. The smallest absolute Gasteiger partial charge is 0.351 e. The van der Waals surface area contributed by atoms with Crippen LogP contribution in [0.5, 0.6) is 0 Å². The number of aromatic nitrogens is 2. The van der Waals surface area contributed by atoms with Crippen LogP contribution in [0, 0.1) is 0 Å². The average Bonchev–Trinajstić information content (AvgIpc) is 2.00. The van der Waals surface area contributed by atoms with E-state index in [0.717, 1.165) is 0 Å². The number of nitrogens with zero attached hydrogens (tertiary/aromatic N) is 1. The van der Waals surface area contributed by atoms with E-state index >= 15 is 0 Å². The predicted octanol–water partition coefficient (Wildman–Crippen LogP) is 3.90. The number of aromatic amines is 1. The van der Waals surface area contributed by atoms with Gasteiger partial charge >= 0.3 is 34.4 Å². The maximum absolute atomic E-state index is 10.7. The number of halogens is 6. The minimum Gasteiger partial charge on any atom is -0.351 e. The Morgan fingerprint density at radius 2 is 1.50 bits per heavy atom. The maximum Gasteiger partial charge on any atom is 1.00 e. The van der Waals surface area contributed by atoms with Crippen LogP contribution in [0.3, 0.4) is 0 Å². The standard InChI is InChI=1S/C3H4N2.F6P/c1-2-5-3-4-1;1-7(2,3,4,5)6/h1-3H,(H,4,5);/q;-1/p+1. The second-order valence-corrected chi connectivity index (χ2v) is 3.64. The summed E-state index contributed by atoms with van der Waals surface area (Å²) in [7, 11) is -10.7. The van der Waals surface area contributed by atoms with Gasteiger partial charge in [-0.05, 0) is 0 Å². The number of imidazole rings is 1. The number of hydrogen-bond donors (Lipinski definition) is 1. The zero-order valence-corrected chi connectivity index (χ0v) is 6.29. The summed E-state index contributed by atoms with van der Waals surface area (Å²) in [6.07, 6.45) is 5.08. The molecule has 0 aliphatic heterocycles. The van der Waals surface area contributed by atoms with Crippen molar-refractivity contribution in [1.82, 2.24) is 9.97 Å². The van der Waals surface area contributed by atoms with E-state index in [1.54, 1.807) is 18.7 Å². The molecule has 0 spiro atoms. The molecule has 1 aromatic rings. The van der Waals surface area contributed by atoms with Gasteiger partial charge in [-0.1, -0.05) is 0 Å². The third-order valence-electron chi connectivity index (χ3n) is 0.406. The molecule has 74 valence electrons. The Kier molecular flexibility index (Phi) is 2.20. The zero-order valence-electron chi connectivity index (χ0n) is 6.39. The summed E-state index contributed by atoms with van der Waals surface area (Å²) < 4.78 is 59.2. The molecule has 0 atom stereocenters. The normalized spacial score (nSPS) is 16.8. The van der Waals surface area contributed by atoms with Crippen molar-refractivity contribution in [3.05, 3.63) is 18.7 Å². The molecule has 0 aliphatic rings. The first-order chi connectivity index (χ1) is 4.95. The molecule has 9 heteroatoms. The molecule has 0 saturated heterocycles. The molecule has 1 heterocycles. The summed E-state index contributed by atoms with van der Waals surface area (Å²) in [4.78, 5) is 6.42. The van der Waals surface area contributed by atoms with E-state index < -0.39 is 7.81 Å². The largest absolute Gasteiger partial charge is 1.00 e. The van der Waals surface area contributed by atoms with Gasteiger partial charge in [-0.2, -0.15) is 0 Å². The van der Waals surface area contributed by atoms with Crippen LogP contribution in [0.1, 0.15) is 1.43 Å². The Balaban J connectivity index is 0. The summed E-state index contributed by atoms with van der Waals surface area (Å²) >= 11 is 0. The third kappa shape index (κ3) is 35.0. The van der Waals surface area contributed by atoms with Crippen molar-refractivity contribution in [1.29, 1.82) is 0 Å². The SMILES string of the molecule is F[P-](F)(F)(F)(F)F.[H+].c1c[nH]cn1. The minimum absolute atomic E-state index is 0. The van der Waals surface area contributed by atoms with Gasteiger partial charge in [0.25, 0.3) is 0 Å². The van der Waals surface area contributed by atoms with Crippen molar-refractivity contribution < 1.29 is 26.6 Å². The van der Waals surface area contributed by atoms with Crippen molar-refractivity contribution in [2.45, 2.75) is 0 Å². The topological polar surface area (TPSA) is 28.7 Å². The molecule has 0 bridgehead atoms. The van der Waals surface area contributed by atoms with Crippen molar-refractivity contribution in [3.63, 3.8) is 0 Å². The number of H-pyrrole nitrogens is 1. The van der Waals surface area contributed by atoms with Crippen LogP contribution in [-0.4, -0.2) is 9.97 Å². The number of hydrogen-bond acceptors (Lipinski definition) is 1. The van der Waals surface area contributed by atoms with Gasteiger partial charge in [0.15, 0.2) is 0 Å². The van der Waals surface area contributed by atoms with Gasteiger partial charge in [0, 0.05) is 12.4 Å². The van der Waals surface area contributed by atoms with Gasteiger partial charge in [0.2, 0.25) is 0 Å². The minimum atomic E-state index is -10.7. The van der Waals surface area contributed by atoms with Crippen LogP contribution in [0.15, 0.2) is 18.7 Å². The third-order valence-corrected chi connectivity index (χ3v) is 0.406. The number of rotatable bonds is 0. The first kappa shape index (κ1) is 11.2. The summed E-state index contributed by atoms with van der Waals surface area (Å²) in [6, 6.07) is 0. The predicted molar refractivity (Wildman–Crippen MR) is 33.3 cm³/mol. The van der Waals surface area contributed by atoms with Crippen LogP contribution in [-0.2, 0) is 0 Å². The summed E-state index contributed by atoms with van der Waals surface area (Å²) in [5.41, 5.74) is 0. The number of nitrogens with one attached hydrogen (secondary N) is 1. The summed E-state index contributed by atoms with van der Waals surface area (Å²) in [6.45, 7) is 0. The Morgan fingerprint density at radius 3 is 1.58 bits per heavy atom. The van der Waals surface area contributed by atoms with Crippen LogP contribution in [0.25, 0.3) is 0 Å². The van der Waals surface area contributed by atoms with E-state index in [2.05, 4.69) is 9.97 Å². The second-order valence-electron chi connectivity index (χ2n) is 1.72. The van der Waals surface area contributed by atoms with E-state index in [0.29, 0.717) is 0 Å². The van der Waals surface area contributed by atoms with E-state index in [1.807, 2.05) is 0 Å². The van der Waals surface area contributed by atoms with Gasteiger partial charge in [-0.3, -0.25) is 0 Å². The van der Waals surface area contributed by atoms with Crippen LogP contribution >= 0.6 is 7.81 Å². The van der Waals surface area contributed by atoms with Gasteiger partial charge in [-0.25, -0.2) is 4.98 Å². The molecule has 0 aliphatic carbocycles. The van der Waals surface area contributed by atoms with Gasteiger partial charge < -0.3 is 4.98 Å². The fourth-order valence-electron chi connectivity index (χ4n) is 0.215. The molecule has 1 rings (SSSR count). The Bertz CT molecular complexity index is 197. The first-order valence-corrected chi connectivity index (χ1v) is 4.47. The fourth-order valence-corrected chi connectivity index (χ4v) is 0.215. The maximum atomic E-state index is 9.87. The first-order valence-electron chi connectivity index (χ1n) is 2.44. The van der Waals surface area contributed by atoms with Crippen LogP contribution < -0.4 is 0 Å². The fraction of sp³-hybridized carbons (Fsp3) is 0. The molecule has 0 fully saturated rings. The van der Waals surface area contributed by atoms with Crippen molar-refractivity contribution in [2.75, 3.05) is 0 Å². The molecular weight excluding hydrogens is 209 g/mol. The molecule has 2 nitrogen and oxygen atoms in total. The van der Waals surface area contributed by atoms with Crippen molar-refractivity contribution in [2.24, 2.45) is 0 Å². The Labute approximate surface area is 64.3 Å². The quantitative estimate of drug-likeness (QED) is 0.514.